The van der Waals surface area contributed by atoms with Crippen LogP contribution in [0.5, 0.6) is 0 Å². The fourth-order valence-electron chi connectivity index (χ4n) is 3.04. The molecule has 0 spiro atoms. The van der Waals surface area contributed by atoms with Crippen LogP contribution in [0.25, 0.3) is 0 Å². The number of quaternary nitrogens is 1. The Bertz CT molecular complexity index is 206. The van der Waals surface area contributed by atoms with Crippen LogP contribution in [0.2, 0.25) is 0 Å². The Morgan fingerprint density at radius 3 is 0.964 bits per heavy atom. The highest BCUT2D eigenvalue weighted by molar-refractivity contribution is 4.49. The first-order chi connectivity index (χ1) is 13.6. The average Bonchev–Trinajstić information content (AvgIpc) is 2.73. The fraction of sp³-hybridized carbons (Fsp3) is 1.00. The molecule has 0 aliphatic rings. The van der Waals surface area contributed by atoms with Gasteiger partial charge in [-0.3, -0.25) is 0 Å². The summed E-state index contributed by atoms with van der Waals surface area (Å²) in [6.45, 7) is 20.9. The van der Waals surface area contributed by atoms with Crippen molar-refractivity contribution in [1.29, 1.82) is 0 Å². The Labute approximate surface area is 178 Å². The van der Waals surface area contributed by atoms with E-state index in [1.54, 1.807) is 0 Å². The average molecular weight is 407 g/mol. The van der Waals surface area contributed by atoms with Crippen LogP contribution in [0.15, 0.2) is 0 Å². The molecular weight excluding hydrogens is 350 g/mol. The number of aliphatic hydroxyl groups is 2. The van der Waals surface area contributed by atoms with Gasteiger partial charge in [0, 0.05) is 13.2 Å². The highest BCUT2D eigenvalue weighted by atomic mass is 16.5. The van der Waals surface area contributed by atoms with Crippen molar-refractivity contribution in [3.63, 3.8) is 0 Å². The Morgan fingerprint density at radius 1 is 0.500 bits per heavy atom. The molecule has 0 amide bonds. The standard InChI is InChI=1S/C16H36N.C6H14O.C2H6O2/c1-5-9-13-17(14-10-6-2,15-11-7-3)16-12-8-4;1-3-5-7-6-4-2;3-1-2-4/h5-16H2,1-4H3;3-6H2,1-2H3;3-4H,1-2H2/q+1;;. The van der Waals surface area contributed by atoms with Gasteiger partial charge in [0.1, 0.15) is 0 Å². The highest BCUT2D eigenvalue weighted by Crippen LogP contribution is 2.16. The Hall–Kier alpha value is -0.160. The largest absolute Gasteiger partial charge is 0.394 e. The van der Waals surface area contributed by atoms with Gasteiger partial charge in [-0.1, -0.05) is 67.2 Å². The van der Waals surface area contributed by atoms with Crippen LogP contribution < -0.4 is 0 Å². The summed E-state index contributed by atoms with van der Waals surface area (Å²) in [5.74, 6) is 0. The lowest BCUT2D eigenvalue weighted by atomic mass is 10.1. The van der Waals surface area contributed by atoms with Crippen molar-refractivity contribution in [2.45, 2.75) is 106 Å². The Morgan fingerprint density at radius 2 is 0.786 bits per heavy atom. The minimum Gasteiger partial charge on any atom is -0.394 e. The van der Waals surface area contributed by atoms with Gasteiger partial charge >= 0.3 is 0 Å². The fourth-order valence-corrected chi connectivity index (χ4v) is 3.04. The van der Waals surface area contributed by atoms with Crippen molar-refractivity contribution in [1.82, 2.24) is 0 Å². The summed E-state index contributed by atoms with van der Waals surface area (Å²) in [5, 5.41) is 15.2. The minimum absolute atomic E-state index is 0.125. The van der Waals surface area contributed by atoms with Gasteiger partial charge in [-0.25, -0.2) is 0 Å². The molecule has 0 atom stereocenters. The topological polar surface area (TPSA) is 49.7 Å². The third kappa shape index (κ3) is 25.8. The maximum Gasteiger partial charge on any atom is 0.0786 e. The van der Waals surface area contributed by atoms with E-state index in [0.29, 0.717) is 0 Å². The third-order valence-corrected chi connectivity index (χ3v) is 4.74. The molecule has 28 heavy (non-hydrogen) atoms. The first kappa shape index (κ1) is 32.5. The Kier molecular flexibility index (Phi) is 33.7. The van der Waals surface area contributed by atoms with E-state index in [4.69, 9.17) is 14.9 Å². The predicted molar refractivity (Wildman–Crippen MR) is 125 cm³/mol. The molecule has 0 rings (SSSR count). The van der Waals surface area contributed by atoms with Gasteiger partial charge < -0.3 is 19.4 Å². The van der Waals surface area contributed by atoms with E-state index >= 15 is 0 Å². The molecule has 0 aromatic heterocycles. The molecule has 0 aliphatic carbocycles. The van der Waals surface area contributed by atoms with Crippen molar-refractivity contribution in [2.24, 2.45) is 0 Å². The lowest BCUT2D eigenvalue weighted by Crippen LogP contribution is -2.50. The summed E-state index contributed by atoms with van der Waals surface area (Å²) in [7, 11) is 0. The molecule has 0 aliphatic heterocycles. The molecule has 0 radical (unpaired) electrons. The third-order valence-electron chi connectivity index (χ3n) is 4.74. The minimum atomic E-state index is -0.125. The zero-order valence-corrected chi connectivity index (χ0v) is 20.5. The SMILES string of the molecule is CCCC[N+](CCCC)(CCCC)CCCC.CCCOCCC.OCCO. The maximum atomic E-state index is 7.62. The number of nitrogens with zero attached hydrogens (tertiary/aromatic N) is 1. The van der Waals surface area contributed by atoms with E-state index < -0.39 is 0 Å². The van der Waals surface area contributed by atoms with Crippen molar-refractivity contribution in [3.05, 3.63) is 0 Å². The van der Waals surface area contributed by atoms with Gasteiger partial charge in [-0.05, 0) is 38.5 Å². The smallest absolute Gasteiger partial charge is 0.0786 e. The molecule has 174 valence electrons. The second-order valence-corrected chi connectivity index (χ2v) is 7.71. The second-order valence-electron chi connectivity index (χ2n) is 7.71. The van der Waals surface area contributed by atoms with Crippen LogP contribution in [0, 0.1) is 0 Å². The summed E-state index contributed by atoms with van der Waals surface area (Å²) < 4.78 is 6.55. The van der Waals surface area contributed by atoms with Crippen molar-refractivity contribution >= 4 is 0 Å². The maximum absolute atomic E-state index is 7.62. The molecule has 0 saturated heterocycles. The van der Waals surface area contributed by atoms with Gasteiger partial charge in [0.05, 0.1) is 39.4 Å². The molecule has 0 saturated carbocycles. The van der Waals surface area contributed by atoms with Gasteiger partial charge in [0.25, 0.3) is 0 Å². The first-order valence-corrected chi connectivity index (χ1v) is 12.2. The summed E-state index contributed by atoms with van der Waals surface area (Å²) in [4.78, 5) is 0. The molecule has 0 aromatic rings. The molecule has 0 heterocycles. The summed E-state index contributed by atoms with van der Waals surface area (Å²) >= 11 is 0. The van der Waals surface area contributed by atoms with Crippen LogP contribution in [0.3, 0.4) is 0 Å². The molecule has 0 bridgehead atoms. The van der Waals surface area contributed by atoms with E-state index in [-0.39, 0.29) is 13.2 Å². The van der Waals surface area contributed by atoms with Crippen molar-refractivity contribution in [2.75, 3.05) is 52.6 Å². The molecular formula is C24H56NO3+. The van der Waals surface area contributed by atoms with Gasteiger partial charge in [-0.15, -0.1) is 0 Å². The second kappa shape index (κ2) is 29.0. The number of aliphatic hydroxyl groups excluding tert-OH is 2. The monoisotopic (exact) mass is 406 g/mol. The van der Waals surface area contributed by atoms with E-state index in [2.05, 4.69) is 41.5 Å². The number of unbranched alkanes of at least 4 members (excludes halogenated alkanes) is 4. The Balaban J connectivity index is -0.000000466. The first-order valence-electron chi connectivity index (χ1n) is 12.2. The van der Waals surface area contributed by atoms with Crippen LogP contribution in [0.4, 0.5) is 0 Å². The lowest BCUT2D eigenvalue weighted by molar-refractivity contribution is -0.929. The predicted octanol–water partition coefficient (Wildman–Crippen LogP) is 5.80. The van der Waals surface area contributed by atoms with E-state index in [1.165, 1.54) is 82.0 Å². The zero-order valence-electron chi connectivity index (χ0n) is 20.5. The molecule has 0 aromatic carbocycles. The van der Waals surface area contributed by atoms with Crippen LogP contribution in [-0.4, -0.2) is 67.3 Å². The van der Waals surface area contributed by atoms with Crippen molar-refractivity contribution in [3.8, 4) is 0 Å². The summed E-state index contributed by atoms with van der Waals surface area (Å²) in [6, 6.07) is 0. The number of hydrogen-bond acceptors (Lipinski definition) is 3. The summed E-state index contributed by atoms with van der Waals surface area (Å²) in [6.07, 6.45) is 13.3. The van der Waals surface area contributed by atoms with Gasteiger partial charge in [-0.2, -0.15) is 0 Å². The molecule has 2 N–H and O–H groups in total. The molecule has 0 unspecified atom stereocenters. The van der Waals surface area contributed by atoms with E-state index in [9.17, 15) is 0 Å². The van der Waals surface area contributed by atoms with Gasteiger partial charge in [0.2, 0.25) is 0 Å². The van der Waals surface area contributed by atoms with Gasteiger partial charge in [0.15, 0.2) is 0 Å². The van der Waals surface area contributed by atoms with E-state index in [1.807, 2.05) is 0 Å². The summed E-state index contributed by atoms with van der Waals surface area (Å²) in [5.41, 5.74) is 0. The molecule has 4 heteroatoms. The van der Waals surface area contributed by atoms with E-state index in [0.717, 1.165) is 26.1 Å². The van der Waals surface area contributed by atoms with Crippen LogP contribution in [0.1, 0.15) is 106 Å². The normalized spacial score (nSPS) is 10.7. The number of hydrogen-bond donors (Lipinski definition) is 2. The molecule has 4 nitrogen and oxygen atoms in total. The lowest BCUT2D eigenvalue weighted by Gasteiger charge is -2.39. The highest BCUT2D eigenvalue weighted by Gasteiger charge is 2.24. The van der Waals surface area contributed by atoms with Crippen LogP contribution in [-0.2, 0) is 4.74 Å². The number of rotatable bonds is 17. The quantitative estimate of drug-likeness (QED) is 0.237. The zero-order chi connectivity index (χ0) is 21.9. The molecule has 0 fully saturated rings. The number of ether oxygens (including phenoxy) is 1. The van der Waals surface area contributed by atoms with Crippen molar-refractivity contribution < 1.29 is 19.4 Å². The van der Waals surface area contributed by atoms with Crippen LogP contribution >= 0.6 is 0 Å².